The number of hydrogen-bond acceptors (Lipinski definition) is 4. The second kappa shape index (κ2) is 6.20. The molecule has 0 aliphatic heterocycles. The molecule has 4 rings (SSSR count). The number of hydrogen-bond donors (Lipinski definition) is 0. The van der Waals surface area contributed by atoms with Gasteiger partial charge in [0.15, 0.2) is 11.5 Å². The van der Waals surface area contributed by atoms with Crippen LogP contribution in [0.2, 0.25) is 0 Å². The number of benzene rings is 2. The molecule has 0 radical (unpaired) electrons. The fraction of sp³-hybridized carbons (Fsp3) is 0.238. The molecule has 0 bridgehead atoms. The normalized spacial score (nSPS) is 16.1. The van der Waals surface area contributed by atoms with Gasteiger partial charge in [0.2, 0.25) is 0 Å². The van der Waals surface area contributed by atoms with Crippen LogP contribution in [0.15, 0.2) is 53.1 Å². The lowest BCUT2D eigenvalue weighted by Crippen LogP contribution is -2.02. The molecule has 4 nitrogen and oxygen atoms in total. The molecular formula is C21H19NO3. The first-order valence-corrected chi connectivity index (χ1v) is 8.44. The number of ketones is 1. The molecule has 1 aliphatic carbocycles. The van der Waals surface area contributed by atoms with Crippen LogP contribution in [0.1, 0.15) is 46.4 Å². The number of carbonyl (C=O) groups excluding carboxylic acids is 1. The van der Waals surface area contributed by atoms with Crippen LogP contribution in [0.4, 0.5) is 0 Å². The average Bonchev–Trinajstić information content (AvgIpc) is 3.21. The third kappa shape index (κ3) is 2.84. The Hall–Kier alpha value is -2.88. The zero-order valence-corrected chi connectivity index (χ0v) is 14.3. The van der Waals surface area contributed by atoms with Crippen molar-refractivity contribution in [2.24, 2.45) is 0 Å². The van der Waals surface area contributed by atoms with Crippen molar-refractivity contribution >= 4 is 5.78 Å². The molecule has 0 saturated carbocycles. The quantitative estimate of drug-likeness (QED) is 0.680. The van der Waals surface area contributed by atoms with Crippen molar-refractivity contribution in [3.05, 3.63) is 70.9 Å². The maximum absolute atomic E-state index is 12.3. The number of rotatable bonds is 4. The molecular weight excluding hydrogens is 314 g/mol. The van der Waals surface area contributed by atoms with Crippen molar-refractivity contribution in [2.45, 2.75) is 32.8 Å². The van der Waals surface area contributed by atoms with E-state index in [-0.39, 0.29) is 18.3 Å². The van der Waals surface area contributed by atoms with Crippen LogP contribution in [0.25, 0.3) is 11.3 Å². The molecule has 1 aromatic heterocycles. The lowest BCUT2D eigenvalue weighted by molar-refractivity contribution is 0.0986. The van der Waals surface area contributed by atoms with Gasteiger partial charge in [-0.15, -0.1) is 0 Å². The Bertz CT molecular complexity index is 928. The van der Waals surface area contributed by atoms with Gasteiger partial charge in [0.25, 0.3) is 0 Å². The third-order valence-electron chi connectivity index (χ3n) is 4.68. The highest BCUT2D eigenvalue weighted by atomic mass is 16.5. The van der Waals surface area contributed by atoms with Crippen molar-refractivity contribution in [3.8, 4) is 17.1 Å². The van der Waals surface area contributed by atoms with Crippen LogP contribution < -0.4 is 4.74 Å². The molecule has 0 N–H and O–H groups in total. The summed E-state index contributed by atoms with van der Waals surface area (Å²) in [7, 11) is 0. The van der Waals surface area contributed by atoms with Gasteiger partial charge < -0.3 is 9.26 Å². The summed E-state index contributed by atoms with van der Waals surface area (Å²) in [5.74, 6) is 1.76. The number of ether oxygens (including phenoxy) is 1. The highest BCUT2D eigenvalue weighted by molar-refractivity contribution is 6.04. The van der Waals surface area contributed by atoms with Crippen molar-refractivity contribution in [3.63, 3.8) is 0 Å². The molecule has 3 aromatic rings. The number of aryl methyl sites for hydroxylation is 1. The van der Waals surface area contributed by atoms with Gasteiger partial charge in [-0.25, -0.2) is 0 Å². The first kappa shape index (κ1) is 15.6. The summed E-state index contributed by atoms with van der Waals surface area (Å²) in [4.78, 5) is 12.3. The van der Waals surface area contributed by atoms with E-state index in [1.54, 1.807) is 0 Å². The van der Waals surface area contributed by atoms with Gasteiger partial charge in [-0.1, -0.05) is 48.5 Å². The Morgan fingerprint density at radius 1 is 1.20 bits per heavy atom. The van der Waals surface area contributed by atoms with E-state index in [2.05, 4.69) is 12.1 Å². The van der Waals surface area contributed by atoms with Crippen molar-refractivity contribution in [2.75, 3.05) is 0 Å². The van der Waals surface area contributed by atoms with Gasteiger partial charge >= 0.3 is 0 Å². The second-order valence-electron chi connectivity index (χ2n) is 6.53. The Labute approximate surface area is 146 Å². The molecule has 4 heteroatoms. The third-order valence-corrected chi connectivity index (χ3v) is 4.68. The monoisotopic (exact) mass is 333 g/mol. The predicted octanol–water partition coefficient (Wildman–Crippen LogP) is 4.92. The summed E-state index contributed by atoms with van der Waals surface area (Å²) in [6.45, 7) is 4.40. The first-order chi connectivity index (χ1) is 12.1. The Morgan fingerprint density at radius 2 is 2.00 bits per heavy atom. The van der Waals surface area contributed by atoms with E-state index in [0.717, 1.165) is 22.3 Å². The zero-order valence-electron chi connectivity index (χ0n) is 14.3. The molecule has 0 spiro atoms. The minimum atomic E-state index is 0.159. The number of aromatic nitrogens is 1. The number of nitrogens with zero attached hydrogens (tertiary/aromatic N) is 1. The zero-order chi connectivity index (χ0) is 17.4. The Balaban J connectivity index is 1.55. The molecule has 1 heterocycles. The van der Waals surface area contributed by atoms with Crippen LogP contribution in [-0.2, 0) is 6.61 Å². The summed E-state index contributed by atoms with van der Waals surface area (Å²) in [6, 6.07) is 15.6. The van der Waals surface area contributed by atoms with Crippen LogP contribution in [0, 0.1) is 6.92 Å². The summed E-state index contributed by atoms with van der Waals surface area (Å²) in [5, 5.41) is 4.07. The summed E-state index contributed by atoms with van der Waals surface area (Å²) >= 11 is 0. The Kier molecular flexibility index (Phi) is 3.88. The Morgan fingerprint density at radius 3 is 2.80 bits per heavy atom. The standard InChI is InChI=1S/C21H19NO3/c1-13-8-9-18(21-17(23)10-14(2)20(13)21)24-12-16-11-19(25-22-16)15-6-4-3-5-7-15/h3-9,11,14H,10,12H2,1-2H3/t14-/m1/s1. The first-order valence-electron chi connectivity index (χ1n) is 8.44. The van der Waals surface area contributed by atoms with E-state index in [9.17, 15) is 4.79 Å². The lowest BCUT2D eigenvalue weighted by Gasteiger charge is -2.12. The minimum Gasteiger partial charge on any atom is -0.486 e. The largest absolute Gasteiger partial charge is 0.486 e. The van der Waals surface area contributed by atoms with Crippen LogP contribution in [0.3, 0.4) is 0 Å². The van der Waals surface area contributed by atoms with E-state index in [1.165, 1.54) is 0 Å². The van der Waals surface area contributed by atoms with Crippen molar-refractivity contribution in [1.29, 1.82) is 0 Å². The fourth-order valence-electron chi connectivity index (χ4n) is 3.50. The maximum atomic E-state index is 12.3. The van der Waals surface area contributed by atoms with Gasteiger partial charge in [0.1, 0.15) is 18.1 Å². The highest BCUT2D eigenvalue weighted by Crippen LogP contribution is 2.40. The molecule has 1 atom stereocenters. The van der Waals surface area contributed by atoms with Crippen LogP contribution in [0.5, 0.6) is 5.75 Å². The maximum Gasteiger partial charge on any atom is 0.167 e. The van der Waals surface area contributed by atoms with Crippen LogP contribution in [-0.4, -0.2) is 10.9 Å². The fourth-order valence-corrected chi connectivity index (χ4v) is 3.50. The predicted molar refractivity (Wildman–Crippen MR) is 94.8 cm³/mol. The molecule has 0 amide bonds. The smallest absolute Gasteiger partial charge is 0.167 e. The minimum absolute atomic E-state index is 0.159. The van der Waals surface area contributed by atoms with Gasteiger partial charge in [0.05, 0.1) is 5.56 Å². The highest BCUT2D eigenvalue weighted by Gasteiger charge is 2.31. The van der Waals surface area contributed by atoms with Gasteiger partial charge in [-0.2, -0.15) is 0 Å². The molecule has 0 fully saturated rings. The van der Waals surface area contributed by atoms with Gasteiger partial charge in [0, 0.05) is 18.1 Å². The van der Waals surface area contributed by atoms with E-state index < -0.39 is 0 Å². The van der Waals surface area contributed by atoms with Crippen molar-refractivity contribution < 1.29 is 14.1 Å². The van der Waals surface area contributed by atoms with E-state index >= 15 is 0 Å². The van der Waals surface area contributed by atoms with E-state index in [1.807, 2.05) is 55.5 Å². The van der Waals surface area contributed by atoms with E-state index in [0.29, 0.717) is 23.6 Å². The average molecular weight is 333 g/mol. The molecule has 126 valence electrons. The van der Waals surface area contributed by atoms with E-state index in [4.69, 9.17) is 9.26 Å². The van der Waals surface area contributed by atoms with Gasteiger partial charge in [-0.3, -0.25) is 4.79 Å². The lowest BCUT2D eigenvalue weighted by atomic mass is 9.97. The number of fused-ring (bicyclic) bond motifs is 1. The SMILES string of the molecule is Cc1ccc(OCc2cc(-c3ccccc3)on2)c2c1[C@H](C)CC2=O. The second-order valence-corrected chi connectivity index (χ2v) is 6.53. The summed E-state index contributed by atoms with van der Waals surface area (Å²) in [6.07, 6.45) is 0.554. The molecule has 2 aromatic carbocycles. The van der Waals surface area contributed by atoms with Crippen molar-refractivity contribution in [1.82, 2.24) is 5.16 Å². The summed E-state index contributed by atoms with van der Waals surface area (Å²) in [5.41, 5.74) is 4.67. The molecule has 0 saturated heterocycles. The molecule has 1 aliphatic rings. The summed E-state index contributed by atoms with van der Waals surface area (Å²) < 4.78 is 11.3. The van der Waals surface area contributed by atoms with Gasteiger partial charge in [-0.05, 0) is 30.0 Å². The molecule has 25 heavy (non-hydrogen) atoms. The number of carbonyl (C=O) groups is 1. The number of Topliss-reactive ketones (excluding diaryl/α,β-unsaturated/α-hetero) is 1. The topological polar surface area (TPSA) is 52.3 Å². The van der Waals surface area contributed by atoms with Crippen LogP contribution >= 0.6 is 0 Å². The molecule has 0 unspecified atom stereocenters.